The molecular weight excluding hydrogens is 477 g/mol. The Balaban J connectivity index is 1.40. The van der Waals surface area contributed by atoms with Gasteiger partial charge in [-0.3, -0.25) is 0 Å². The van der Waals surface area contributed by atoms with Crippen LogP contribution in [0.25, 0.3) is 11.4 Å². The maximum absolute atomic E-state index is 14.0. The molecule has 0 bridgehead atoms. The van der Waals surface area contributed by atoms with Crippen LogP contribution in [0.15, 0.2) is 72.8 Å². The van der Waals surface area contributed by atoms with Crippen molar-refractivity contribution in [2.45, 2.75) is 27.2 Å². The van der Waals surface area contributed by atoms with E-state index >= 15 is 0 Å². The molecule has 6 nitrogen and oxygen atoms in total. The average Bonchev–Trinajstić information content (AvgIpc) is 2.92. The molecule has 0 saturated carbocycles. The SMILES string of the molecule is Cc1cccc(C)c1NC(=O)N1CCN(c2nc(-c3cccc(F)c3)nc(C)c2Cc2ccccc2)CC1. The number of piperazine rings is 1. The number of urea groups is 1. The zero-order chi connectivity index (χ0) is 26.6. The Morgan fingerprint density at radius 1 is 0.868 bits per heavy atom. The number of para-hydroxylation sites is 1. The molecule has 0 unspecified atom stereocenters. The molecule has 194 valence electrons. The van der Waals surface area contributed by atoms with E-state index in [0.29, 0.717) is 44.0 Å². The molecule has 38 heavy (non-hydrogen) atoms. The smallest absolute Gasteiger partial charge is 0.321 e. The number of nitrogens with one attached hydrogen (secondary N) is 1. The van der Waals surface area contributed by atoms with Crippen molar-refractivity contribution in [1.82, 2.24) is 14.9 Å². The van der Waals surface area contributed by atoms with Crippen LogP contribution in [0.5, 0.6) is 0 Å². The zero-order valence-electron chi connectivity index (χ0n) is 22.0. The molecule has 1 saturated heterocycles. The lowest BCUT2D eigenvalue weighted by molar-refractivity contribution is 0.208. The maximum atomic E-state index is 14.0. The highest BCUT2D eigenvalue weighted by atomic mass is 19.1. The summed E-state index contributed by atoms with van der Waals surface area (Å²) in [6.45, 7) is 8.41. The van der Waals surface area contributed by atoms with Gasteiger partial charge in [0.25, 0.3) is 0 Å². The first-order chi connectivity index (χ1) is 18.4. The second-order valence-electron chi connectivity index (χ2n) is 9.78. The maximum Gasteiger partial charge on any atom is 0.321 e. The van der Waals surface area contributed by atoms with Crippen molar-refractivity contribution < 1.29 is 9.18 Å². The first-order valence-electron chi connectivity index (χ1n) is 12.9. The third-order valence-electron chi connectivity index (χ3n) is 7.08. The number of hydrogen-bond donors (Lipinski definition) is 1. The molecule has 1 fully saturated rings. The third-order valence-corrected chi connectivity index (χ3v) is 7.08. The quantitative estimate of drug-likeness (QED) is 0.350. The van der Waals surface area contributed by atoms with Gasteiger partial charge in [-0.25, -0.2) is 19.2 Å². The van der Waals surface area contributed by atoms with Crippen molar-refractivity contribution in [2.75, 3.05) is 36.4 Å². The summed E-state index contributed by atoms with van der Waals surface area (Å²) in [5.41, 5.74) is 6.69. The fourth-order valence-electron chi connectivity index (χ4n) is 4.93. The number of amides is 2. The van der Waals surface area contributed by atoms with Crippen LogP contribution < -0.4 is 10.2 Å². The van der Waals surface area contributed by atoms with Gasteiger partial charge in [0.2, 0.25) is 0 Å². The lowest BCUT2D eigenvalue weighted by Crippen LogP contribution is -2.50. The molecule has 1 aliphatic heterocycles. The molecule has 7 heteroatoms. The fourth-order valence-corrected chi connectivity index (χ4v) is 4.93. The zero-order valence-corrected chi connectivity index (χ0v) is 22.0. The van der Waals surface area contributed by atoms with E-state index in [9.17, 15) is 9.18 Å². The van der Waals surface area contributed by atoms with Crippen molar-refractivity contribution in [3.63, 3.8) is 0 Å². The number of hydrogen-bond acceptors (Lipinski definition) is 4. The largest absolute Gasteiger partial charge is 0.353 e. The van der Waals surface area contributed by atoms with E-state index in [-0.39, 0.29) is 11.8 Å². The van der Waals surface area contributed by atoms with Crippen LogP contribution in [0.4, 0.5) is 20.7 Å². The molecule has 0 spiro atoms. The van der Waals surface area contributed by atoms with E-state index in [4.69, 9.17) is 9.97 Å². The summed E-state index contributed by atoms with van der Waals surface area (Å²) in [6, 6.07) is 22.5. The number of aryl methyl sites for hydroxylation is 3. The van der Waals surface area contributed by atoms with Gasteiger partial charge in [0.15, 0.2) is 5.82 Å². The summed E-state index contributed by atoms with van der Waals surface area (Å²) < 4.78 is 14.0. The second-order valence-corrected chi connectivity index (χ2v) is 9.78. The molecule has 2 heterocycles. The number of rotatable bonds is 5. The normalized spacial score (nSPS) is 13.5. The van der Waals surface area contributed by atoms with Crippen LogP contribution in [0.3, 0.4) is 0 Å². The minimum Gasteiger partial charge on any atom is -0.353 e. The Labute approximate surface area is 223 Å². The molecule has 0 aliphatic carbocycles. The van der Waals surface area contributed by atoms with Gasteiger partial charge in [0.1, 0.15) is 11.6 Å². The Hall–Kier alpha value is -4.26. The number of benzene rings is 3. The fraction of sp³-hybridized carbons (Fsp3) is 0.258. The first-order valence-corrected chi connectivity index (χ1v) is 12.9. The summed E-state index contributed by atoms with van der Waals surface area (Å²) in [5.74, 6) is 1.03. The Bertz CT molecular complexity index is 1430. The summed E-state index contributed by atoms with van der Waals surface area (Å²) >= 11 is 0. The summed E-state index contributed by atoms with van der Waals surface area (Å²) in [7, 11) is 0. The molecular formula is C31H32FN5O. The topological polar surface area (TPSA) is 61.4 Å². The lowest BCUT2D eigenvalue weighted by atomic mass is 10.0. The molecule has 1 aromatic heterocycles. The summed E-state index contributed by atoms with van der Waals surface area (Å²) in [5, 5.41) is 3.10. The highest BCUT2D eigenvalue weighted by molar-refractivity contribution is 5.91. The van der Waals surface area contributed by atoms with Crippen molar-refractivity contribution >= 4 is 17.5 Å². The summed E-state index contributed by atoms with van der Waals surface area (Å²) in [4.78, 5) is 26.9. The van der Waals surface area contributed by atoms with E-state index < -0.39 is 0 Å². The van der Waals surface area contributed by atoms with Gasteiger partial charge in [-0.15, -0.1) is 0 Å². The molecule has 1 N–H and O–H groups in total. The van der Waals surface area contributed by atoms with Crippen LogP contribution in [0.2, 0.25) is 0 Å². The molecule has 1 aliphatic rings. The highest BCUT2D eigenvalue weighted by Crippen LogP contribution is 2.29. The highest BCUT2D eigenvalue weighted by Gasteiger charge is 2.26. The van der Waals surface area contributed by atoms with Crippen LogP contribution in [0.1, 0.15) is 27.9 Å². The Kier molecular flexibility index (Phi) is 7.36. The van der Waals surface area contributed by atoms with Crippen LogP contribution in [0, 0.1) is 26.6 Å². The van der Waals surface area contributed by atoms with Crippen LogP contribution in [-0.4, -0.2) is 47.1 Å². The van der Waals surface area contributed by atoms with Gasteiger partial charge in [-0.1, -0.05) is 60.7 Å². The van der Waals surface area contributed by atoms with Gasteiger partial charge in [-0.2, -0.15) is 0 Å². The molecule has 0 radical (unpaired) electrons. The molecule has 0 atom stereocenters. The van der Waals surface area contributed by atoms with Crippen molar-refractivity contribution in [3.8, 4) is 11.4 Å². The number of halogens is 1. The van der Waals surface area contributed by atoms with Crippen LogP contribution >= 0.6 is 0 Å². The molecule has 3 aromatic carbocycles. The first kappa shape index (κ1) is 25.4. The molecule has 5 rings (SSSR count). The predicted octanol–water partition coefficient (Wildman–Crippen LogP) is 6.15. The van der Waals surface area contributed by atoms with Crippen molar-refractivity contribution in [2.24, 2.45) is 0 Å². The minimum absolute atomic E-state index is 0.0918. The van der Waals surface area contributed by atoms with Gasteiger partial charge < -0.3 is 15.1 Å². The second kappa shape index (κ2) is 11.0. The number of aromatic nitrogens is 2. The number of anilines is 2. The standard InChI is InChI=1S/C31H32FN5O/c1-21-9-7-10-22(2)28(21)34-31(38)37-17-15-36(16-18-37)30-27(19-24-11-5-4-6-12-24)23(3)33-29(35-30)25-13-8-14-26(32)20-25/h4-14,20H,15-19H2,1-3H3,(H,34,38). The van der Waals surface area contributed by atoms with E-state index in [1.54, 1.807) is 6.07 Å². The number of carbonyl (C=O) groups is 1. The van der Waals surface area contributed by atoms with Gasteiger partial charge in [-0.05, 0) is 49.6 Å². The lowest BCUT2D eigenvalue weighted by Gasteiger charge is -2.36. The van der Waals surface area contributed by atoms with E-state index in [1.807, 2.05) is 68.1 Å². The van der Waals surface area contributed by atoms with Crippen LogP contribution in [-0.2, 0) is 6.42 Å². The Morgan fingerprint density at radius 2 is 1.55 bits per heavy atom. The van der Waals surface area contributed by atoms with Gasteiger partial charge in [0, 0.05) is 55.1 Å². The average molecular weight is 510 g/mol. The monoisotopic (exact) mass is 509 g/mol. The van der Waals surface area contributed by atoms with Gasteiger partial charge >= 0.3 is 6.03 Å². The van der Waals surface area contributed by atoms with E-state index in [2.05, 4.69) is 22.3 Å². The third kappa shape index (κ3) is 5.52. The minimum atomic E-state index is -0.317. The molecule has 2 amide bonds. The van der Waals surface area contributed by atoms with Crippen molar-refractivity contribution in [3.05, 3.63) is 107 Å². The summed E-state index contributed by atoms with van der Waals surface area (Å²) in [6.07, 6.45) is 0.693. The van der Waals surface area contributed by atoms with Crippen molar-refractivity contribution in [1.29, 1.82) is 0 Å². The van der Waals surface area contributed by atoms with E-state index in [1.165, 1.54) is 17.7 Å². The Morgan fingerprint density at radius 3 is 2.24 bits per heavy atom. The number of carbonyl (C=O) groups excluding carboxylic acids is 1. The van der Waals surface area contributed by atoms with Gasteiger partial charge in [0.05, 0.1) is 0 Å². The van der Waals surface area contributed by atoms with E-state index in [0.717, 1.165) is 33.9 Å². The number of nitrogens with zero attached hydrogens (tertiary/aromatic N) is 4. The predicted molar refractivity (Wildman–Crippen MR) is 150 cm³/mol. The molecule has 4 aromatic rings.